The van der Waals surface area contributed by atoms with E-state index in [0.29, 0.717) is 25.0 Å². The Balaban J connectivity index is 1.48. The molecule has 2 atom stereocenters. The largest absolute Gasteiger partial charge is 0.449 e. The van der Waals surface area contributed by atoms with Crippen molar-refractivity contribution in [3.63, 3.8) is 0 Å². The number of unbranched alkanes of at least 4 members (excludes halogenated alkanes) is 1. The summed E-state index contributed by atoms with van der Waals surface area (Å²) in [6, 6.07) is 0. The Morgan fingerprint density at radius 2 is 2.14 bits per heavy atom. The number of rotatable bonds is 8. The highest BCUT2D eigenvalue weighted by molar-refractivity contribution is 5.67. The van der Waals surface area contributed by atoms with Crippen molar-refractivity contribution in [2.75, 3.05) is 13.2 Å². The van der Waals surface area contributed by atoms with E-state index in [9.17, 15) is 4.79 Å². The summed E-state index contributed by atoms with van der Waals surface area (Å²) in [5, 5.41) is 2.83. The number of amides is 1. The van der Waals surface area contributed by atoms with Gasteiger partial charge in [-0.25, -0.2) is 4.79 Å². The summed E-state index contributed by atoms with van der Waals surface area (Å²) in [4.78, 5) is 11.6. The molecule has 1 spiro atoms. The molecule has 2 aliphatic carbocycles. The van der Waals surface area contributed by atoms with Gasteiger partial charge in [0.1, 0.15) is 0 Å². The van der Waals surface area contributed by atoms with Crippen LogP contribution in [0.4, 0.5) is 4.79 Å². The van der Waals surface area contributed by atoms with Gasteiger partial charge in [0.15, 0.2) is 0 Å². The lowest BCUT2D eigenvalue weighted by Gasteiger charge is -2.11. The molecule has 0 heterocycles. The average molecular weight is 289 g/mol. The fourth-order valence-corrected chi connectivity index (χ4v) is 2.75. The molecular weight excluding hydrogens is 262 g/mol. The van der Waals surface area contributed by atoms with Crippen molar-refractivity contribution in [2.24, 2.45) is 17.3 Å². The topological polar surface area (TPSA) is 38.3 Å². The molecule has 1 amide bonds. The number of hydrogen-bond acceptors (Lipinski definition) is 2. The van der Waals surface area contributed by atoms with Crippen LogP contribution in [0.15, 0.2) is 36.5 Å². The van der Waals surface area contributed by atoms with E-state index in [0.717, 1.165) is 25.7 Å². The number of hydrogen-bond donors (Lipinski definition) is 1. The molecule has 1 saturated carbocycles. The third-order valence-corrected chi connectivity index (χ3v) is 4.71. The molecule has 0 aliphatic heterocycles. The molecule has 116 valence electrons. The molecule has 21 heavy (non-hydrogen) atoms. The predicted octanol–water partition coefficient (Wildman–Crippen LogP) is 4.23. The smallest absolute Gasteiger partial charge is 0.407 e. The van der Waals surface area contributed by atoms with Crippen LogP contribution in [0, 0.1) is 17.3 Å². The number of ether oxygens (including phenoxy) is 1. The zero-order valence-corrected chi connectivity index (χ0v) is 13.2. The Morgan fingerprint density at radius 3 is 2.81 bits per heavy atom. The normalized spacial score (nSPS) is 22.3. The van der Waals surface area contributed by atoms with Crippen LogP contribution in [-0.2, 0) is 4.74 Å². The minimum Gasteiger partial charge on any atom is -0.449 e. The zero-order valence-electron chi connectivity index (χ0n) is 13.2. The van der Waals surface area contributed by atoms with Crippen molar-refractivity contribution in [3.8, 4) is 0 Å². The molecule has 1 fully saturated rings. The Hall–Kier alpha value is -1.51. The first-order valence-corrected chi connectivity index (χ1v) is 7.96. The molecule has 0 aromatic rings. The summed E-state index contributed by atoms with van der Waals surface area (Å²) in [6.07, 6.45) is 12.6. The van der Waals surface area contributed by atoms with E-state index in [4.69, 9.17) is 4.74 Å². The van der Waals surface area contributed by atoms with Crippen LogP contribution >= 0.6 is 0 Å². The quantitative estimate of drug-likeness (QED) is 0.536. The fourth-order valence-electron chi connectivity index (χ4n) is 2.75. The average Bonchev–Trinajstić information content (AvgIpc) is 2.89. The predicted molar refractivity (Wildman–Crippen MR) is 86.0 cm³/mol. The molecule has 3 heteroatoms. The second-order valence-electron chi connectivity index (χ2n) is 6.50. The fraction of sp³-hybridized carbons (Fsp3) is 0.611. The lowest BCUT2D eigenvalue weighted by atomic mass is 9.98. The number of alkyl carbamates (subject to hydrolysis) is 1. The van der Waals surface area contributed by atoms with Gasteiger partial charge < -0.3 is 10.1 Å². The summed E-state index contributed by atoms with van der Waals surface area (Å²) in [7, 11) is 0. The SMILES string of the molecule is C=C(C)C(C)CCCCNC(=O)OCC1CC12C=CC=C2. The van der Waals surface area contributed by atoms with Crippen LogP contribution in [-0.4, -0.2) is 19.2 Å². The molecule has 0 bridgehead atoms. The van der Waals surface area contributed by atoms with E-state index in [1.807, 2.05) is 0 Å². The van der Waals surface area contributed by atoms with Crippen LogP contribution in [0.1, 0.15) is 39.5 Å². The molecule has 1 N–H and O–H groups in total. The summed E-state index contributed by atoms with van der Waals surface area (Å²) in [6.45, 7) is 9.44. The van der Waals surface area contributed by atoms with Crippen molar-refractivity contribution < 1.29 is 9.53 Å². The van der Waals surface area contributed by atoms with Crippen molar-refractivity contribution in [1.29, 1.82) is 0 Å². The molecule has 2 rings (SSSR count). The number of allylic oxidation sites excluding steroid dienone is 5. The van der Waals surface area contributed by atoms with Gasteiger partial charge in [-0.3, -0.25) is 0 Å². The second kappa shape index (κ2) is 6.97. The highest BCUT2D eigenvalue weighted by Gasteiger charge is 2.51. The van der Waals surface area contributed by atoms with Gasteiger partial charge in [-0.1, -0.05) is 49.8 Å². The Labute approximate surface area is 128 Å². The van der Waals surface area contributed by atoms with Crippen LogP contribution in [0.5, 0.6) is 0 Å². The Bertz CT molecular complexity index is 438. The molecule has 0 aromatic carbocycles. The third kappa shape index (κ3) is 4.48. The number of nitrogens with one attached hydrogen (secondary N) is 1. The lowest BCUT2D eigenvalue weighted by molar-refractivity contribution is 0.138. The maximum absolute atomic E-state index is 11.6. The van der Waals surface area contributed by atoms with Crippen molar-refractivity contribution in [1.82, 2.24) is 5.32 Å². The van der Waals surface area contributed by atoms with Crippen LogP contribution in [0.2, 0.25) is 0 Å². The van der Waals surface area contributed by atoms with Gasteiger partial charge in [0.05, 0.1) is 6.61 Å². The van der Waals surface area contributed by atoms with Gasteiger partial charge >= 0.3 is 6.09 Å². The maximum atomic E-state index is 11.6. The van der Waals surface area contributed by atoms with Crippen LogP contribution in [0.3, 0.4) is 0 Å². The molecular formula is C18H27NO2. The molecule has 3 nitrogen and oxygen atoms in total. The number of carbonyl (C=O) groups excluding carboxylic acids is 1. The van der Waals surface area contributed by atoms with Gasteiger partial charge in [-0.05, 0) is 32.1 Å². The summed E-state index contributed by atoms with van der Waals surface area (Å²) < 4.78 is 5.29. The Morgan fingerprint density at radius 1 is 1.43 bits per heavy atom. The lowest BCUT2D eigenvalue weighted by Crippen LogP contribution is -2.26. The highest BCUT2D eigenvalue weighted by Crippen LogP contribution is 2.56. The van der Waals surface area contributed by atoms with Gasteiger partial charge in [0.25, 0.3) is 0 Å². The van der Waals surface area contributed by atoms with Crippen LogP contribution in [0.25, 0.3) is 0 Å². The monoisotopic (exact) mass is 289 g/mol. The standard InChI is InChI=1S/C18H27NO2/c1-14(2)15(3)8-4-7-11-19-17(20)21-13-16-12-18(16)9-5-6-10-18/h5-6,9-10,15-16H,1,4,7-8,11-13H2,2-3H3,(H,19,20). The summed E-state index contributed by atoms with van der Waals surface area (Å²) in [5.41, 5.74) is 1.44. The third-order valence-electron chi connectivity index (χ3n) is 4.71. The molecule has 2 aliphatic rings. The summed E-state index contributed by atoms with van der Waals surface area (Å²) in [5.74, 6) is 1.03. The van der Waals surface area contributed by atoms with E-state index in [1.54, 1.807) is 0 Å². The van der Waals surface area contributed by atoms with Crippen molar-refractivity contribution in [3.05, 3.63) is 36.5 Å². The van der Waals surface area contributed by atoms with E-state index in [-0.39, 0.29) is 11.5 Å². The van der Waals surface area contributed by atoms with Gasteiger partial charge in [-0.2, -0.15) is 0 Å². The molecule has 0 saturated heterocycles. The molecule has 2 unspecified atom stereocenters. The minimum atomic E-state index is -0.282. The van der Waals surface area contributed by atoms with Crippen molar-refractivity contribution >= 4 is 6.09 Å². The first-order valence-electron chi connectivity index (χ1n) is 7.96. The minimum absolute atomic E-state index is 0.207. The van der Waals surface area contributed by atoms with E-state index < -0.39 is 0 Å². The molecule has 0 aromatic heterocycles. The first-order chi connectivity index (χ1) is 10.0. The van der Waals surface area contributed by atoms with E-state index in [2.05, 4.69) is 50.0 Å². The van der Waals surface area contributed by atoms with E-state index in [1.165, 1.54) is 5.57 Å². The molecule has 0 radical (unpaired) electrons. The van der Waals surface area contributed by atoms with Crippen LogP contribution < -0.4 is 5.32 Å². The van der Waals surface area contributed by atoms with Gasteiger partial charge in [-0.15, -0.1) is 0 Å². The van der Waals surface area contributed by atoms with Gasteiger partial charge in [0, 0.05) is 17.9 Å². The number of carbonyl (C=O) groups is 1. The zero-order chi connectivity index (χ0) is 15.3. The van der Waals surface area contributed by atoms with E-state index >= 15 is 0 Å². The maximum Gasteiger partial charge on any atom is 0.407 e. The second-order valence-corrected chi connectivity index (χ2v) is 6.50. The van der Waals surface area contributed by atoms with Crippen molar-refractivity contribution in [2.45, 2.75) is 39.5 Å². The summed E-state index contributed by atoms with van der Waals surface area (Å²) >= 11 is 0. The Kier molecular flexibility index (Phi) is 5.27. The van der Waals surface area contributed by atoms with Gasteiger partial charge in [0.2, 0.25) is 0 Å². The highest BCUT2D eigenvalue weighted by atomic mass is 16.5. The first kappa shape index (κ1) is 15.9.